The van der Waals surface area contributed by atoms with Gasteiger partial charge in [-0.2, -0.15) is 13.2 Å². The molecular weight excluding hydrogens is 290 g/mol. The monoisotopic (exact) mass is 305 g/mol. The minimum absolute atomic E-state index is 0.0459. The van der Waals surface area contributed by atoms with Crippen molar-refractivity contribution in [2.75, 3.05) is 6.61 Å². The normalized spacial score (nSPS) is 22.9. The fraction of sp³-hybridized carbons (Fsp3) is 0.500. The molecule has 116 valence electrons. The van der Waals surface area contributed by atoms with Gasteiger partial charge in [-0.05, 0) is 38.0 Å². The molecular formula is C14H15F4NO2. The molecule has 1 aromatic rings. The summed E-state index contributed by atoms with van der Waals surface area (Å²) in [6, 6.07) is 1.58. The van der Waals surface area contributed by atoms with Gasteiger partial charge in [0, 0.05) is 12.6 Å². The molecule has 1 aromatic carbocycles. The van der Waals surface area contributed by atoms with Crippen molar-refractivity contribution in [1.82, 2.24) is 5.32 Å². The summed E-state index contributed by atoms with van der Waals surface area (Å²) in [6.45, 7) is 2.29. The lowest BCUT2D eigenvalue weighted by atomic mass is 10.0. The highest BCUT2D eigenvalue weighted by molar-refractivity contribution is 5.94. The van der Waals surface area contributed by atoms with Crippen molar-refractivity contribution >= 4 is 5.91 Å². The van der Waals surface area contributed by atoms with Crippen LogP contribution in [0.4, 0.5) is 17.6 Å². The molecule has 1 amide bonds. The van der Waals surface area contributed by atoms with Crippen molar-refractivity contribution in [3.05, 3.63) is 35.1 Å². The third kappa shape index (κ3) is 3.93. The smallest absolute Gasteiger partial charge is 0.378 e. The van der Waals surface area contributed by atoms with Crippen LogP contribution in [0.15, 0.2) is 18.2 Å². The lowest BCUT2D eigenvalue weighted by molar-refractivity contribution is -0.137. The maximum absolute atomic E-state index is 13.6. The van der Waals surface area contributed by atoms with Crippen LogP contribution in [0, 0.1) is 5.82 Å². The Labute approximate surface area is 119 Å². The summed E-state index contributed by atoms with van der Waals surface area (Å²) in [6.07, 6.45) is -3.56. The van der Waals surface area contributed by atoms with Crippen LogP contribution in [0.5, 0.6) is 0 Å². The third-order valence-electron chi connectivity index (χ3n) is 3.36. The van der Waals surface area contributed by atoms with E-state index in [1.807, 2.05) is 6.92 Å². The average Bonchev–Trinajstić information content (AvgIpc) is 2.37. The number of hydrogen-bond donors (Lipinski definition) is 1. The van der Waals surface area contributed by atoms with E-state index in [1.54, 1.807) is 0 Å². The lowest BCUT2D eigenvalue weighted by Gasteiger charge is -2.28. The number of carbonyl (C=O) groups is 1. The van der Waals surface area contributed by atoms with Crippen molar-refractivity contribution in [3.8, 4) is 0 Å². The van der Waals surface area contributed by atoms with Gasteiger partial charge in [-0.1, -0.05) is 0 Å². The fourth-order valence-corrected chi connectivity index (χ4v) is 2.27. The van der Waals surface area contributed by atoms with E-state index < -0.39 is 29.0 Å². The summed E-state index contributed by atoms with van der Waals surface area (Å²) in [5.41, 5.74) is -1.64. The summed E-state index contributed by atoms with van der Waals surface area (Å²) in [4.78, 5) is 12.0. The summed E-state index contributed by atoms with van der Waals surface area (Å²) >= 11 is 0. The van der Waals surface area contributed by atoms with Gasteiger partial charge in [0.1, 0.15) is 5.82 Å². The number of alkyl halides is 3. The van der Waals surface area contributed by atoms with Gasteiger partial charge in [0.2, 0.25) is 0 Å². The van der Waals surface area contributed by atoms with E-state index in [2.05, 4.69) is 5.32 Å². The van der Waals surface area contributed by atoms with E-state index in [1.165, 1.54) is 0 Å². The Hall–Kier alpha value is -1.63. The Morgan fingerprint density at radius 2 is 2.10 bits per heavy atom. The highest BCUT2D eigenvalue weighted by atomic mass is 19.4. The molecule has 2 rings (SSSR count). The maximum atomic E-state index is 13.6. The zero-order chi connectivity index (χ0) is 15.6. The van der Waals surface area contributed by atoms with Crippen LogP contribution >= 0.6 is 0 Å². The summed E-state index contributed by atoms with van der Waals surface area (Å²) < 4.78 is 56.7. The zero-order valence-electron chi connectivity index (χ0n) is 11.3. The fourth-order valence-electron chi connectivity index (χ4n) is 2.27. The first kappa shape index (κ1) is 15.8. The minimum Gasteiger partial charge on any atom is -0.378 e. The molecule has 1 heterocycles. The van der Waals surface area contributed by atoms with E-state index in [-0.39, 0.29) is 12.1 Å². The summed E-state index contributed by atoms with van der Waals surface area (Å²) in [5.74, 6) is -1.81. The molecule has 21 heavy (non-hydrogen) atoms. The van der Waals surface area contributed by atoms with Crippen LogP contribution in [0.3, 0.4) is 0 Å². The summed E-state index contributed by atoms with van der Waals surface area (Å²) in [5, 5.41) is 2.56. The second kappa shape index (κ2) is 6.01. The lowest BCUT2D eigenvalue weighted by Crippen LogP contribution is -2.41. The van der Waals surface area contributed by atoms with Crippen molar-refractivity contribution < 1.29 is 27.1 Å². The van der Waals surface area contributed by atoms with Gasteiger partial charge in [-0.15, -0.1) is 0 Å². The molecule has 0 radical (unpaired) electrons. The number of carbonyl (C=O) groups excluding carboxylic acids is 1. The molecule has 0 aliphatic carbocycles. The second-order valence-electron chi connectivity index (χ2n) is 5.07. The van der Waals surface area contributed by atoms with Crippen molar-refractivity contribution in [3.63, 3.8) is 0 Å². The Balaban J connectivity index is 2.15. The molecule has 1 N–H and O–H groups in total. The number of halogens is 4. The molecule has 3 nitrogen and oxygen atoms in total. The van der Waals surface area contributed by atoms with Crippen LogP contribution in [0.2, 0.25) is 0 Å². The number of amides is 1. The number of hydrogen-bond acceptors (Lipinski definition) is 2. The van der Waals surface area contributed by atoms with Crippen LogP contribution < -0.4 is 5.32 Å². The number of rotatable bonds is 2. The minimum atomic E-state index is -4.62. The molecule has 0 bridgehead atoms. The SMILES string of the molecule is CC1CC(NC(=O)c2cc(C(F)(F)F)ccc2F)CCO1. The first-order valence-corrected chi connectivity index (χ1v) is 6.56. The standard InChI is InChI=1S/C14H15F4NO2/c1-8-6-10(4-5-21-8)19-13(20)11-7-9(14(16,17)18)2-3-12(11)15/h2-3,7-8,10H,4-6H2,1H3,(H,19,20). The van der Waals surface area contributed by atoms with Gasteiger partial charge < -0.3 is 10.1 Å². The van der Waals surface area contributed by atoms with E-state index >= 15 is 0 Å². The molecule has 1 fully saturated rings. The van der Waals surface area contributed by atoms with Gasteiger partial charge in [-0.25, -0.2) is 4.39 Å². The molecule has 7 heteroatoms. The first-order valence-electron chi connectivity index (χ1n) is 6.56. The van der Waals surface area contributed by atoms with E-state index in [4.69, 9.17) is 4.74 Å². The maximum Gasteiger partial charge on any atom is 0.416 e. The molecule has 1 saturated heterocycles. The van der Waals surface area contributed by atoms with Crippen molar-refractivity contribution in [2.45, 2.75) is 38.1 Å². The first-order chi connectivity index (χ1) is 9.77. The van der Waals surface area contributed by atoms with Crippen LogP contribution in [0.1, 0.15) is 35.7 Å². The number of benzene rings is 1. The van der Waals surface area contributed by atoms with Crippen LogP contribution in [-0.2, 0) is 10.9 Å². The molecule has 0 aromatic heterocycles. The molecule has 0 saturated carbocycles. The topological polar surface area (TPSA) is 38.3 Å². The van der Waals surface area contributed by atoms with Crippen LogP contribution in [0.25, 0.3) is 0 Å². The largest absolute Gasteiger partial charge is 0.416 e. The van der Waals surface area contributed by atoms with E-state index in [0.29, 0.717) is 37.6 Å². The van der Waals surface area contributed by atoms with Gasteiger partial charge in [0.25, 0.3) is 5.91 Å². The average molecular weight is 305 g/mol. The molecule has 2 unspecified atom stereocenters. The highest BCUT2D eigenvalue weighted by Gasteiger charge is 2.32. The molecule has 1 aliphatic rings. The predicted octanol–water partition coefficient (Wildman–Crippen LogP) is 3.14. The van der Waals surface area contributed by atoms with Gasteiger partial charge in [0.05, 0.1) is 17.2 Å². The number of ether oxygens (including phenoxy) is 1. The Bertz CT molecular complexity index is 530. The highest BCUT2D eigenvalue weighted by Crippen LogP contribution is 2.30. The van der Waals surface area contributed by atoms with Crippen molar-refractivity contribution in [2.24, 2.45) is 0 Å². The van der Waals surface area contributed by atoms with Gasteiger partial charge in [0.15, 0.2) is 0 Å². The Morgan fingerprint density at radius 1 is 1.38 bits per heavy atom. The summed E-state index contributed by atoms with van der Waals surface area (Å²) in [7, 11) is 0. The molecule has 1 aliphatic heterocycles. The van der Waals surface area contributed by atoms with Crippen LogP contribution in [-0.4, -0.2) is 24.7 Å². The van der Waals surface area contributed by atoms with Crippen molar-refractivity contribution in [1.29, 1.82) is 0 Å². The predicted molar refractivity (Wildman–Crippen MR) is 67.3 cm³/mol. The van der Waals surface area contributed by atoms with E-state index in [0.717, 1.165) is 0 Å². The van der Waals surface area contributed by atoms with Gasteiger partial charge in [-0.3, -0.25) is 4.79 Å². The quantitative estimate of drug-likeness (QED) is 0.853. The molecule has 2 atom stereocenters. The third-order valence-corrected chi connectivity index (χ3v) is 3.36. The Kier molecular flexibility index (Phi) is 4.51. The number of nitrogens with one attached hydrogen (secondary N) is 1. The Morgan fingerprint density at radius 3 is 2.71 bits per heavy atom. The zero-order valence-corrected chi connectivity index (χ0v) is 11.3. The second-order valence-corrected chi connectivity index (χ2v) is 5.07. The van der Waals surface area contributed by atoms with E-state index in [9.17, 15) is 22.4 Å². The van der Waals surface area contributed by atoms with Gasteiger partial charge >= 0.3 is 6.18 Å². The molecule has 0 spiro atoms.